The maximum absolute atomic E-state index is 4.64. The van der Waals surface area contributed by atoms with Gasteiger partial charge in [-0.25, -0.2) is 4.98 Å². The summed E-state index contributed by atoms with van der Waals surface area (Å²) in [6.07, 6.45) is 5.49. The van der Waals surface area contributed by atoms with E-state index in [0.29, 0.717) is 4.83 Å². The fourth-order valence-electron chi connectivity index (χ4n) is 2.31. The van der Waals surface area contributed by atoms with E-state index in [-0.39, 0.29) is 0 Å². The second-order valence-corrected chi connectivity index (χ2v) is 6.89. The molecule has 1 saturated heterocycles. The zero-order valence-electron chi connectivity index (χ0n) is 9.84. The third kappa shape index (κ3) is 2.41. The molecule has 3 nitrogen and oxygen atoms in total. The van der Waals surface area contributed by atoms with Gasteiger partial charge in [0.25, 0.3) is 0 Å². The van der Waals surface area contributed by atoms with E-state index < -0.39 is 0 Å². The standard InChI is InChI=1S/C12H16BrN3S/c1-9-2-3-15(8-11(9)13)6-10-7-16-4-5-17-12(16)14-10/h4-5,7,9,11H,2-3,6,8H2,1H3. The molecule has 3 heterocycles. The van der Waals surface area contributed by atoms with E-state index >= 15 is 0 Å². The van der Waals surface area contributed by atoms with E-state index in [0.717, 1.165) is 24.0 Å². The lowest BCUT2D eigenvalue weighted by atomic mass is 9.99. The first-order chi connectivity index (χ1) is 8.22. The first-order valence-corrected chi connectivity index (χ1v) is 7.79. The molecular formula is C12H16BrN3S. The minimum absolute atomic E-state index is 0.625. The van der Waals surface area contributed by atoms with Crippen LogP contribution in [0.5, 0.6) is 0 Å². The fraction of sp³-hybridized carbons (Fsp3) is 0.583. The molecule has 0 amide bonds. The number of hydrogen-bond acceptors (Lipinski definition) is 3. The highest BCUT2D eigenvalue weighted by atomic mass is 79.9. The predicted octanol–water partition coefficient (Wildman–Crippen LogP) is 3.00. The molecule has 3 rings (SSSR count). The Kier molecular flexibility index (Phi) is 3.23. The Labute approximate surface area is 114 Å². The van der Waals surface area contributed by atoms with Gasteiger partial charge in [-0.1, -0.05) is 22.9 Å². The van der Waals surface area contributed by atoms with Gasteiger partial charge >= 0.3 is 0 Å². The molecule has 2 aromatic heterocycles. The maximum atomic E-state index is 4.64. The molecule has 0 radical (unpaired) electrons. The molecule has 0 N–H and O–H groups in total. The molecule has 1 aliphatic heterocycles. The van der Waals surface area contributed by atoms with Crippen LogP contribution in [0.3, 0.4) is 0 Å². The minimum Gasteiger partial charge on any atom is -0.297 e. The first kappa shape index (κ1) is 11.7. The third-order valence-corrected chi connectivity index (χ3v) is 5.44. The van der Waals surface area contributed by atoms with Crippen LogP contribution in [0.15, 0.2) is 17.8 Å². The number of thiazole rings is 1. The van der Waals surface area contributed by atoms with Gasteiger partial charge in [-0.05, 0) is 18.9 Å². The zero-order chi connectivity index (χ0) is 11.8. The smallest absolute Gasteiger partial charge is 0.193 e. The quantitative estimate of drug-likeness (QED) is 0.794. The third-order valence-electron chi connectivity index (χ3n) is 3.48. The van der Waals surface area contributed by atoms with Crippen molar-refractivity contribution in [1.82, 2.24) is 14.3 Å². The van der Waals surface area contributed by atoms with Gasteiger partial charge in [-0.2, -0.15) is 0 Å². The van der Waals surface area contributed by atoms with Crippen molar-refractivity contribution in [3.8, 4) is 0 Å². The summed E-state index contributed by atoms with van der Waals surface area (Å²) < 4.78 is 2.11. The molecule has 0 saturated carbocycles. The van der Waals surface area contributed by atoms with Crippen LogP contribution in [0.4, 0.5) is 0 Å². The van der Waals surface area contributed by atoms with Gasteiger partial charge in [0.2, 0.25) is 0 Å². The molecule has 0 spiro atoms. The minimum atomic E-state index is 0.625. The van der Waals surface area contributed by atoms with Crippen molar-refractivity contribution in [2.45, 2.75) is 24.7 Å². The molecule has 17 heavy (non-hydrogen) atoms. The van der Waals surface area contributed by atoms with Crippen LogP contribution in [0.25, 0.3) is 4.96 Å². The number of alkyl halides is 1. The topological polar surface area (TPSA) is 20.5 Å². The monoisotopic (exact) mass is 313 g/mol. The molecule has 2 aromatic rings. The van der Waals surface area contributed by atoms with Crippen LogP contribution in [0.2, 0.25) is 0 Å². The zero-order valence-corrected chi connectivity index (χ0v) is 12.2. The molecule has 92 valence electrons. The predicted molar refractivity (Wildman–Crippen MR) is 74.8 cm³/mol. The van der Waals surface area contributed by atoms with E-state index in [1.54, 1.807) is 11.3 Å². The van der Waals surface area contributed by atoms with Crippen LogP contribution in [0.1, 0.15) is 19.0 Å². The Bertz CT molecular complexity index is 478. The molecule has 1 aliphatic rings. The molecule has 5 heteroatoms. The number of imidazole rings is 1. The van der Waals surface area contributed by atoms with Gasteiger partial charge in [-0.15, -0.1) is 11.3 Å². The van der Waals surface area contributed by atoms with E-state index in [1.807, 2.05) is 0 Å². The van der Waals surface area contributed by atoms with E-state index in [4.69, 9.17) is 0 Å². The number of likely N-dealkylation sites (tertiary alicyclic amines) is 1. The molecule has 0 aliphatic carbocycles. The van der Waals surface area contributed by atoms with Crippen molar-refractivity contribution in [2.24, 2.45) is 5.92 Å². The first-order valence-electron chi connectivity index (χ1n) is 6.00. The highest BCUT2D eigenvalue weighted by Gasteiger charge is 2.24. The van der Waals surface area contributed by atoms with Crippen LogP contribution < -0.4 is 0 Å². The van der Waals surface area contributed by atoms with E-state index in [9.17, 15) is 0 Å². The number of fused-ring (bicyclic) bond motifs is 1. The van der Waals surface area contributed by atoms with E-state index in [2.05, 4.69) is 54.9 Å². The summed E-state index contributed by atoms with van der Waals surface area (Å²) in [6.45, 7) is 5.62. The summed E-state index contributed by atoms with van der Waals surface area (Å²) in [7, 11) is 0. The maximum Gasteiger partial charge on any atom is 0.193 e. The van der Waals surface area contributed by atoms with Gasteiger partial charge in [-0.3, -0.25) is 9.30 Å². The summed E-state index contributed by atoms with van der Waals surface area (Å²) in [4.78, 5) is 8.85. The molecule has 0 aromatic carbocycles. The Morgan fingerprint density at radius 2 is 2.47 bits per heavy atom. The molecule has 1 fully saturated rings. The summed E-state index contributed by atoms with van der Waals surface area (Å²) in [5.74, 6) is 0.789. The Morgan fingerprint density at radius 3 is 3.24 bits per heavy atom. The van der Waals surface area contributed by atoms with Crippen molar-refractivity contribution in [3.05, 3.63) is 23.5 Å². The number of aromatic nitrogens is 2. The van der Waals surface area contributed by atoms with E-state index in [1.165, 1.54) is 18.7 Å². The second-order valence-electron chi connectivity index (χ2n) is 4.84. The summed E-state index contributed by atoms with van der Waals surface area (Å²) in [5.41, 5.74) is 1.19. The molecule has 2 unspecified atom stereocenters. The largest absolute Gasteiger partial charge is 0.297 e. The Balaban J connectivity index is 1.69. The lowest BCUT2D eigenvalue weighted by Gasteiger charge is -2.33. The van der Waals surface area contributed by atoms with Crippen molar-refractivity contribution >= 4 is 32.2 Å². The highest BCUT2D eigenvalue weighted by Crippen LogP contribution is 2.24. The summed E-state index contributed by atoms with van der Waals surface area (Å²) >= 11 is 5.46. The fourth-order valence-corrected chi connectivity index (χ4v) is 3.70. The van der Waals surface area contributed by atoms with Gasteiger partial charge in [0, 0.05) is 35.7 Å². The molecule has 2 atom stereocenters. The van der Waals surface area contributed by atoms with Crippen LogP contribution >= 0.6 is 27.3 Å². The molecular weight excluding hydrogens is 298 g/mol. The van der Waals surface area contributed by atoms with Crippen molar-refractivity contribution < 1.29 is 0 Å². The second kappa shape index (κ2) is 4.71. The van der Waals surface area contributed by atoms with Crippen LogP contribution in [-0.4, -0.2) is 32.2 Å². The summed E-state index contributed by atoms with van der Waals surface area (Å²) in [5, 5.41) is 2.07. The van der Waals surface area contributed by atoms with Crippen LogP contribution in [0, 0.1) is 5.92 Å². The van der Waals surface area contributed by atoms with Crippen molar-refractivity contribution in [2.75, 3.05) is 13.1 Å². The van der Waals surface area contributed by atoms with Gasteiger partial charge < -0.3 is 0 Å². The average molecular weight is 314 g/mol. The Morgan fingerprint density at radius 1 is 1.59 bits per heavy atom. The lowest BCUT2D eigenvalue weighted by Crippen LogP contribution is -2.39. The van der Waals surface area contributed by atoms with Gasteiger partial charge in [0.05, 0.1) is 5.69 Å². The number of hydrogen-bond donors (Lipinski definition) is 0. The number of halogens is 1. The van der Waals surface area contributed by atoms with Crippen molar-refractivity contribution in [3.63, 3.8) is 0 Å². The number of nitrogens with zero attached hydrogens (tertiary/aromatic N) is 3. The summed E-state index contributed by atoms with van der Waals surface area (Å²) in [6, 6.07) is 0. The average Bonchev–Trinajstić information content (AvgIpc) is 2.84. The Hall–Kier alpha value is -0.390. The SMILES string of the molecule is CC1CCN(Cc2cn3ccsc3n2)CC1Br. The van der Waals surface area contributed by atoms with Crippen molar-refractivity contribution in [1.29, 1.82) is 0 Å². The molecule has 0 bridgehead atoms. The van der Waals surface area contributed by atoms with Gasteiger partial charge in [0.1, 0.15) is 0 Å². The number of piperidine rings is 1. The van der Waals surface area contributed by atoms with Crippen LogP contribution in [-0.2, 0) is 6.54 Å². The highest BCUT2D eigenvalue weighted by molar-refractivity contribution is 9.09. The normalized spacial score (nSPS) is 26.7. The number of rotatable bonds is 2. The lowest BCUT2D eigenvalue weighted by molar-refractivity contribution is 0.192. The van der Waals surface area contributed by atoms with Gasteiger partial charge in [0.15, 0.2) is 4.96 Å².